The molecule has 0 aromatic rings. The molecule has 3 atom stereocenters. The molecule has 1 fully saturated rings. The van der Waals surface area contributed by atoms with Crippen molar-refractivity contribution in [2.24, 2.45) is 0 Å². The second-order valence-electron chi connectivity index (χ2n) is 2.49. The smallest absolute Gasteiger partial charge is 0.126 e. The molecule has 54 valence electrons. The molecule has 0 amide bonds. The molecule has 9 heavy (non-hydrogen) atoms. The lowest BCUT2D eigenvalue weighted by Gasteiger charge is -2.24. The van der Waals surface area contributed by atoms with Crippen molar-refractivity contribution < 1.29 is 9.50 Å². The van der Waals surface area contributed by atoms with Crippen molar-refractivity contribution >= 4 is 15.9 Å². The van der Waals surface area contributed by atoms with Gasteiger partial charge in [0.15, 0.2) is 0 Å². The Morgan fingerprint density at radius 2 is 2.11 bits per heavy atom. The average Bonchev–Trinajstić information content (AvgIpc) is 1.80. The van der Waals surface area contributed by atoms with E-state index in [4.69, 9.17) is 5.11 Å². The van der Waals surface area contributed by atoms with E-state index in [-0.39, 0.29) is 0 Å². The number of halogens is 2. The third-order valence-electron chi connectivity index (χ3n) is 1.67. The van der Waals surface area contributed by atoms with Gasteiger partial charge in [0.2, 0.25) is 0 Å². The van der Waals surface area contributed by atoms with E-state index in [2.05, 4.69) is 15.9 Å². The highest BCUT2D eigenvalue weighted by molar-refractivity contribution is 9.09. The molecule has 3 heteroatoms. The van der Waals surface area contributed by atoms with Crippen LogP contribution in [0.15, 0.2) is 0 Å². The molecule has 0 heterocycles. The van der Waals surface area contributed by atoms with Gasteiger partial charge in [-0.15, -0.1) is 0 Å². The maximum Gasteiger partial charge on any atom is 0.126 e. The first-order valence-electron chi connectivity index (χ1n) is 3.16. The Labute approximate surface area is 62.4 Å². The highest BCUT2D eigenvalue weighted by Gasteiger charge is 2.26. The van der Waals surface area contributed by atoms with Gasteiger partial charge in [0, 0.05) is 4.83 Å². The maximum atomic E-state index is 12.5. The molecular formula is C6H10BrFO. The Kier molecular flexibility index (Phi) is 2.47. The molecule has 0 spiro atoms. The molecule has 1 aliphatic carbocycles. The van der Waals surface area contributed by atoms with Crippen LogP contribution in [0, 0.1) is 0 Å². The van der Waals surface area contributed by atoms with Crippen molar-refractivity contribution in [3.05, 3.63) is 0 Å². The quantitative estimate of drug-likeness (QED) is 0.585. The van der Waals surface area contributed by atoms with Crippen molar-refractivity contribution in [3.63, 3.8) is 0 Å². The summed E-state index contributed by atoms with van der Waals surface area (Å²) < 4.78 is 12.5. The van der Waals surface area contributed by atoms with Gasteiger partial charge in [-0.25, -0.2) is 4.39 Å². The van der Waals surface area contributed by atoms with Crippen molar-refractivity contribution in [2.75, 3.05) is 0 Å². The standard InChI is InChI=1S/C6H10BrFO/c7-4-1-2-5(8)6(9)3-4/h4-6,9H,1-3H2. The number of rotatable bonds is 0. The SMILES string of the molecule is OC1CC(Br)CCC1F. The molecule has 1 nitrogen and oxygen atoms in total. The molecule has 0 bridgehead atoms. The molecular weight excluding hydrogens is 187 g/mol. The van der Waals surface area contributed by atoms with Gasteiger partial charge in [0.1, 0.15) is 6.17 Å². The Bertz CT molecular complexity index is 99.1. The third kappa shape index (κ3) is 1.90. The normalized spacial score (nSPS) is 45.0. The van der Waals surface area contributed by atoms with Gasteiger partial charge in [0.05, 0.1) is 6.10 Å². The summed E-state index contributed by atoms with van der Waals surface area (Å²) in [6.45, 7) is 0. The lowest BCUT2D eigenvalue weighted by molar-refractivity contribution is 0.0472. The Morgan fingerprint density at radius 1 is 1.44 bits per heavy atom. The highest BCUT2D eigenvalue weighted by atomic mass is 79.9. The second-order valence-corrected chi connectivity index (χ2v) is 3.79. The van der Waals surface area contributed by atoms with Gasteiger partial charge >= 0.3 is 0 Å². The molecule has 3 unspecified atom stereocenters. The second kappa shape index (κ2) is 2.97. The van der Waals surface area contributed by atoms with Crippen LogP contribution in [-0.2, 0) is 0 Å². The highest BCUT2D eigenvalue weighted by Crippen LogP contribution is 2.26. The topological polar surface area (TPSA) is 20.2 Å². The monoisotopic (exact) mass is 196 g/mol. The average molecular weight is 197 g/mol. The van der Waals surface area contributed by atoms with Gasteiger partial charge < -0.3 is 5.11 Å². The molecule has 0 saturated heterocycles. The van der Waals surface area contributed by atoms with E-state index in [9.17, 15) is 4.39 Å². The minimum Gasteiger partial charge on any atom is -0.390 e. The minimum absolute atomic E-state index is 0.319. The summed E-state index contributed by atoms with van der Waals surface area (Å²) >= 11 is 3.33. The van der Waals surface area contributed by atoms with Crippen LogP contribution in [0.1, 0.15) is 19.3 Å². The van der Waals surface area contributed by atoms with Crippen molar-refractivity contribution in [2.45, 2.75) is 36.4 Å². The Hall–Kier alpha value is 0.370. The summed E-state index contributed by atoms with van der Waals surface area (Å²) in [4.78, 5) is 0.319. The zero-order valence-electron chi connectivity index (χ0n) is 5.06. The van der Waals surface area contributed by atoms with Gasteiger partial charge in [-0.2, -0.15) is 0 Å². The van der Waals surface area contributed by atoms with E-state index in [1.54, 1.807) is 0 Å². The summed E-state index contributed by atoms with van der Waals surface area (Å²) in [5, 5.41) is 8.94. The number of alkyl halides is 2. The summed E-state index contributed by atoms with van der Waals surface area (Å²) in [6.07, 6.45) is 0.179. The van der Waals surface area contributed by atoms with E-state index >= 15 is 0 Å². The largest absolute Gasteiger partial charge is 0.390 e. The predicted octanol–water partition coefficient (Wildman–Crippen LogP) is 1.63. The number of aliphatic hydroxyl groups is 1. The fraction of sp³-hybridized carbons (Fsp3) is 1.00. The van der Waals surface area contributed by atoms with E-state index in [0.29, 0.717) is 17.7 Å². The van der Waals surface area contributed by atoms with E-state index < -0.39 is 12.3 Å². The van der Waals surface area contributed by atoms with E-state index in [1.807, 2.05) is 0 Å². The van der Waals surface area contributed by atoms with E-state index in [0.717, 1.165) is 6.42 Å². The lowest BCUT2D eigenvalue weighted by Crippen LogP contribution is -2.30. The van der Waals surface area contributed by atoms with Crippen LogP contribution in [-0.4, -0.2) is 22.2 Å². The van der Waals surface area contributed by atoms with E-state index in [1.165, 1.54) is 0 Å². The molecule has 0 radical (unpaired) electrons. The molecule has 1 rings (SSSR count). The van der Waals surface area contributed by atoms with Gasteiger partial charge in [-0.1, -0.05) is 15.9 Å². The first-order chi connectivity index (χ1) is 4.20. The fourth-order valence-corrected chi connectivity index (χ4v) is 1.71. The first-order valence-corrected chi connectivity index (χ1v) is 4.08. The van der Waals surface area contributed by atoms with Crippen LogP contribution in [0.25, 0.3) is 0 Å². The zero-order valence-corrected chi connectivity index (χ0v) is 6.64. The van der Waals surface area contributed by atoms with Crippen molar-refractivity contribution in [3.8, 4) is 0 Å². The fourth-order valence-electron chi connectivity index (χ4n) is 1.06. The lowest BCUT2D eigenvalue weighted by atomic mass is 9.96. The zero-order chi connectivity index (χ0) is 6.85. The molecule has 1 N–H and O–H groups in total. The van der Waals surface area contributed by atoms with Gasteiger partial charge in [0.25, 0.3) is 0 Å². The van der Waals surface area contributed by atoms with Crippen LogP contribution in [0.2, 0.25) is 0 Å². The summed E-state index contributed by atoms with van der Waals surface area (Å²) in [5.74, 6) is 0. The molecule has 0 aromatic heterocycles. The van der Waals surface area contributed by atoms with Crippen LogP contribution < -0.4 is 0 Å². The summed E-state index contributed by atoms with van der Waals surface area (Å²) in [5.41, 5.74) is 0. The first kappa shape index (κ1) is 7.48. The maximum absolute atomic E-state index is 12.5. The predicted molar refractivity (Wildman–Crippen MR) is 37.5 cm³/mol. The summed E-state index contributed by atoms with van der Waals surface area (Å²) in [6, 6.07) is 0. The third-order valence-corrected chi connectivity index (χ3v) is 2.50. The number of hydrogen-bond acceptors (Lipinski definition) is 1. The van der Waals surface area contributed by atoms with Gasteiger partial charge in [-0.3, -0.25) is 0 Å². The summed E-state index contributed by atoms with van der Waals surface area (Å²) in [7, 11) is 0. The van der Waals surface area contributed by atoms with Crippen LogP contribution in [0.5, 0.6) is 0 Å². The van der Waals surface area contributed by atoms with Crippen molar-refractivity contribution in [1.29, 1.82) is 0 Å². The molecule has 0 aromatic carbocycles. The minimum atomic E-state index is -0.987. The van der Waals surface area contributed by atoms with Crippen molar-refractivity contribution in [1.82, 2.24) is 0 Å². The van der Waals surface area contributed by atoms with Crippen LogP contribution in [0.3, 0.4) is 0 Å². The molecule has 0 aliphatic heterocycles. The van der Waals surface area contributed by atoms with Crippen LogP contribution in [0.4, 0.5) is 4.39 Å². The molecule has 1 aliphatic rings. The Morgan fingerprint density at radius 3 is 2.56 bits per heavy atom. The number of aliphatic hydroxyl groups excluding tert-OH is 1. The Balaban J connectivity index is 2.35. The van der Waals surface area contributed by atoms with Crippen LogP contribution >= 0.6 is 15.9 Å². The van der Waals surface area contributed by atoms with Gasteiger partial charge in [-0.05, 0) is 19.3 Å². The number of hydrogen-bond donors (Lipinski definition) is 1. The molecule has 1 saturated carbocycles.